The van der Waals surface area contributed by atoms with Gasteiger partial charge < -0.3 is 5.32 Å². The van der Waals surface area contributed by atoms with Crippen LogP contribution in [-0.2, 0) is 14.8 Å². The second-order valence-electron chi connectivity index (χ2n) is 6.32. The Morgan fingerprint density at radius 2 is 2.14 bits per heavy atom. The zero-order valence-electron chi connectivity index (χ0n) is 12.5. The largest absolute Gasteiger partial charge is 0.355 e. The molecule has 22 heavy (non-hydrogen) atoms. The van der Waals surface area contributed by atoms with Gasteiger partial charge >= 0.3 is 0 Å². The van der Waals surface area contributed by atoms with Crippen LogP contribution in [0.15, 0.2) is 21.7 Å². The summed E-state index contributed by atoms with van der Waals surface area (Å²) in [4.78, 5) is 11.9. The van der Waals surface area contributed by atoms with Crippen LogP contribution in [0.3, 0.4) is 0 Å². The lowest BCUT2D eigenvalue weighted by Crippen LogP contribution is -2.35. The first-order chi connectivity index (χ1) is 10.5. The molecule has 3 atom stereocenters. The summed E-state index contributed by atoms with van der Waals surface area (Å²) in [6.45, 7) is 0.562. The Balaban J connectivity index is 1.36. The van der Waals surface area contributed by atoms with Crippen molar-refractivity contribution in [3.8, 4) is 0 Å². The van der Waals surface area contributed by atoms with Gasteiger partial charge in [0.05, 0.1) is 0 Å². The third-order valence-electron chi connectivity index (χ3n) is 4.83. The topological polar surface area (TPSA) is 75.3 Å². The van der Waals surface area contributed by atoms with Crippen molar-refractivity contribution in [1.82, 2.24) is 10.0 Å². The molecule has 7 heteroatoms. The van der Waals surface area contributed by atoms with Gasteiger partial charge in [0.15, 0.2) is 0 Å². The van der Waals surface area contributed by atoms with Gasteiger partial charge in [0.1, 0.15) is 4.21 Å². The van der Waals surface area contributed by atoms with E-state index < -0.39 is 10.0 Å². The van der Waals surface area contributed by atoms with Crippen molar-refractivity contribution in [2.24, 2.45) is 17.8 Å². The Bertz CT molecular complexity index is 613. The number of sulfonamides is 1. The summed E-state index contributed by atoms with van der Waals surface area (Å²) < 4.78 is 26.6. The number of amides is 1. The first kappa shape index (κ1) is 16.0. The van der Waals surface area contributed by atoms with Crippen molar-refractivity contribution in [3.63, 3.8) is 0 Å². The van der Waals surface area contributed by atoms with E-state index in [1.54, 1.807) is 17.5 Å². The lowest BCUT2D eigenvalue weighted by atomic mass is 9.86. The van der Waals surface area contributed by atoms with Crippen molar-refractivity contribution in [2.45, 2.75) is 36.3 Å². The Labute approximate surface area is 135 Å². The van der Waals surface area contributed by atoms with Gasteiger partial charge in [-0.2, -0.15) is 0 Å². The number of hydrogen-bond donors (Lipinski definition) is 2. The lowest BCUT2D eigenvalue weighted by Gasteiger charge is -2.20. The van der Waals surface area contributed by atoms with E-state index in [4.69, 9.17) is 0 Å². The molecule has 1 aromatic heterocycles. The summed E-state index contributed by atoms with van der Waals surface area (Å²) in [6, 6.07) is 3.27. The molecule has 1 heterocycles. The third-order valence-corrected chi connectivity index (χ3v) is 7.69. The molecule has 3 unspecified atom stereocenters. The number of hydrogen-bond acceptors (Lipinski definition) is 4. The first-order valence-electron chi connectivity index (χ1n) is 7.84. The van der Waals surface area contributed by atoms with Crippen LogP contribution in [0.5, 0.6) is 0 Å². The molecule has 1 aromatic rings. The molecule has 0 aliphatic heterocycles. The average Bonchev–Trinajstić information content (AvgIpc) is 3.20. The van der Waals surface area contributed by atoms with Crippen LogP contribution >= 0.6 is 11.3 Å². The second-order valence-corrected chi connectivity index (χ2v) is 9.26. The average molecular weight is 342 g/mol. The van der Waals surface area contributed by atoms with E-state index in [2.05, 4.69) is 10.0 Å². The van der Waals surface area contributed by atoms with Crippen molar-refractivity contribution < 1.29 is 13.2 Å². The van der Waals surface area contributed by atoms with Crippen LogP contribution in [0.4, 0.5) is 0 Å². The summed E-state index contributed by atoms with van der Waals surface area (Å²) in [7, 11) is -3.43. The predicted octanol–water partition coefficient (Wildman–Crippen LogP) is 1.97. The smallest absolute Gasteiger partial charge is 0.250 e. The fourth-order valence-electron chi connectivity index (χ4n) is 3.81. The molecule has 5 nitrogen and oxygen atoms in total. The van der Waals surface area contributed by atoms with E-state index in [1.165, 1.54) is 37.0 Å². The highest BCUT2D eigenvalue weighted by molar-refractivity contribution is 7.91. The van der Waals surface area contributed by atoms with Crippen molar-refractivity contribution in [2.75, 3.05) is 13.1 Å². The van der Waals surface area contributed by atoms with E-state index >= 15 is 0 Å². The number of nitrogens with one attached hydrogen (secondary N) is 2. The van der Waals surface area contributed by atoms with Crippen LogP contribution < -0.4 is 10.0 Å². The van der Waals surface area contributed by atoms with Crippen molar-refractivity contribution in [1.29, 1.82) is 0 Å². The summed E-state index contributed by atoms with van der Waals surface area (Å²) in [5.41, 5.74) is 0. The Morgan fingerprint density at radius 1 is 1.27 bits per heavy atom. The van der Waals surface area contributed by atoms with E-state index in [1.807, 2.05) is 0 Å². The summed E-state index contributed by atoms with van der Waals surface area (Å²) in [6.07, 6.45) is 5.72. The molecule has 2 N–H and O–H groups in total. The van der Waals surface area contributed by atoms with Crippen molar-refractivity contribution >= 4 is 27.3 Å². The number of carbonyl (C=O) groups excluding carboxylic acids is 1. The quantitative estimate of drug-likeness (QED) is 0.744. The number of fused-ring (bicyclic) bond motifs is 2. The number of rotatable bonds is 7. The molecule has 122 valence electrons. The molecule has 2 bridgehead atoms. The molecular formula is C15H22N2O3S2. The molecule has 0 aromatic carbocycles. The predicted molar refractivity (Wildman–Crippen MR) is 86.1 cm³/mol. The normalized spacial score (nSPS) is 27.2. The van der Waals surface area contributed by atoms with Gasteiger partial charge in [-0.3, -0.25) is 4.79 Å². The molecule has 2 fully saturated rings. The highest BCUT2D eigenvalue weighted by atomic mass is 32.2. The van der Waals surface area contributed by atoms with Gasteiger partial charge in [0, 0.05) is 19.5 Å². The van der Waals surface area contributed by atoms with Gasteiger partial charge in [-0.25, -0.2) is 13.1 Å². The van der Waals surface area contributed by atoms with Gasteiger partial charge in [0.25, 0.3) is 0 Å². The SMILES string of the molecule is O=C(CC1CC2CCC1C2)NCCNS(=O)(=O)c1cccs1. The van der Waals surface area contributed by atoms with E-state index in [0.29, 0.717) is 23.1 Å². The third kappa shape index (κ3) is 3.70. The van der Waals surface area contributed by atoms with Gasteiger partial charge in [-0.05, 0) is 48.5 Å². The zero-order valence-corrected chi connectivity index (χ0v) is 14.1. The number of carbonyl (C=O) groups is 1. The highest BCUT2D eigenvalue weighted by Gasteiger charge is 2.39. The Hall–Kier alpha value is -0.920. The lowest BCUT2D eigenvalue weighted by molar-refractivity contribution is -0.122. The molecule has 1 amide bonds. The molecule has 2 aliphatic carbocycles. The molecule has 0 radical (unpaired) electrons. The Kier molecular flexibility index (Phi) is 4.84. The monoisotopic (exact) mass is 342 g/mol. The minimum Gasteiger partial charge on any atom is -0.355 e. The number of thiophene rings is 1. The molecule has 2 aliphatic rings. The molecular weight excluding hydrogens is 320 g/mol. The van der Waals surface area contributed by atoms with Crippen LogP contribution in [0.1, 0.15) is 32.1 Å². The fourth-order valence-corrected chi connectivity index (χ4v) is 5.88. The minimum atomic E-state index is -3.43. The molecule has 3 rings (SSSR count). The minimum absolute atomic E-state index is 0.0490. The van der Waals surface area contributed by atoms with Gasteiger partial charge in [-0.15, -0.1) is 11.3 Å². The first-order valence-corrected chi connectivity index (χ1v) is 10.2. The van der Waals surface area contributed by atoms with Crippen LogP contribution in [0.25, 0.3) is 0 Å². The van der Waals surface area contributed by atoms with E-state index in [-0.39, 0.29) is 12.5 Å². The molecule has 0 saturated heterocycles. The van der Waals surface area contributed by atoms with Crippen molar-refractivity contribution in [3.05, 3.63) is 17.5 Å². The fraction of sp³-hybridized carbons (Fsp3) is 0.667. The standard InChI is InChI=1S/C15H22N2O3S2/c18-14(10-13-9-11-3-4-12(13)8-11)16-5-6-17-22(19,20)15-2-1-7-21-15/h1-2,7,11-13,17H,3-6,8-10H2,(H,16,18). The van der Waals surface area contributed by atoms with Gasteiger partial charge in [-0.1, -0.05) is 12.5 Å². The maximum absolute atomic E-state index is 11.9. The Morgan fingerprint density at radius 3 is 2.77 bits per heavy atom. The van der Waals surface area contributed by atoms with E-state index in [9.17, 15) is 13.2 Å². The summed E-state index contributed by atoms with van der Waals surface area (Å²) in [5.74, 6) is 2.18. The van der Waals surface area contributed by atoms with Crippen LogP contribution in [-0.4, -0.2) is 27.4 Å². The molecule has 0 spiro atoms. The maximum Gasteiger partial charge on any atom is 0.250 e. The second kappa shape index (κ2) is 6.68. The summed E-state index contributed by atoms with van der Waals surface area (Å²) >= 11 is 1.18. The van der Waals surface area contributed by atoms with Crippen LogP contribution in [0, 0.1) is 17.8 Å². The van der Waals surface area contributed by atoms with Gasteiger partial charge in [0.2, 0.25) is 15.9 Å². The molecule has 2 saturated carbocycles. The zero-order chi connectivity index (χ0) is 15.6. The summed E-state index contributed by atoms with van der Waals surface area (Å²) in [5, 5.41) is 4.55. The maximum atomic E-state index is 11.9. The van der Waals surface area contributed by atoms with E-state index in [0.717, 1.165) is 11.8 Å². The van der Waals surface area contributed by atoms with Crippen LogP contribution in [0.2, 0.25) is 0 Å². The highest BCUT2D eigenvalue weighted by Crippen LogP contribution is 2.49.